The van der Waals surface area contributed by atoms with Crippen molar-refractivity contribution >= 4 is 0 Å². The molecule has 1 aromatic carbocycles. The number of hydrogen-bond acceptors (Lipinski definition) is 0. The fraction of sp³-hybridized carbons (Fsp3) is 0.429. The minimum atomic E-state index is -1.69. The Hall–Kier alpha value is -1.32. The highest BCUT2D eigenvalue weighted by Gasteiger charge is 2.47. The van der Waals surface area contributed by atoms with Gasteiger partial charge in [-0.15, -0.1) is 0 Å². The summed E-state index contributed by atoms with van der Waals surface area (Å²) in [5.41, 5.74) is 2.00. The lowest BCUT2D eigenvalue weighted by molar-refractivity contribution is 0.394. The summed E-state index contributed by atoms with van der Waals surface area (Å²) < 4.78 is 54.3. The third-order valence-electron chi connectivity index (χ3n) is 4.11. The molecule has 0 spiro atoms. The Morgan fingerprint density at radius 3 is 1.50 bits per heavy atom. The van der Waals surface area contributed by atoms with Crippen molar-refractivity contribution in [2.45, 2.75) is 38.5 Å². The summed E-state index contributed by atoms with van der Waals surface area (Å²) in [6.07, 6.45) is 1.36. The van der Waals surface area contributed by atoms with E-state index >= 15 is 0 Å². The highest BCUT2D eigenvalue weighted by molar-refractivity contribution is 5.55. The van der Waals surface area contributed by atoms with Crippen LogP contribution < -0.4 is 0 Å². The zero-order valence-corrected chi connectivity index (χ0v) is 10.1. The average molecular weight is 256 g/mol. The lowest BCUT2D eigenvalue weighted by Gasteiger charge is -2.16. The van der Waals surface area contributed by atoms with E-state index in [1.165, 1.54) is 0 Å². The molecule has 0 saturated heterocycles. The summed E-state index contributed by atoms with van der Waals surface area (Å²) >= 11 is 0. The molecule has 0 aromatic heterocycles. The van der Waals surface area contributed by atoms with Crippen molar-refractivity contribution in [1.82, 2.24) is 0 Å². The Kier molecular flexibility index (Phi) is 2.34. The molecule has 2 bridgehead atoms. The van der Waals surface area contributed by atoms with Crippen LogP contribution in [0.4, 0.5) is 17.6 Å². The van der Waals surface area contributed by atoms with Gasteiger partial charge in [0.25, 0.3) is 0 Å². The summed E-state index contributed by atoms with van der Waals surface area (Å²) in [7, 11) is 0. The van der Waals surface area contributed by atoms with Crippen molar-refractivity contribution in [3.8, 4) is 0 Å². The lowest BCUT2D eigenvalue weighted by Crippen LogP contribution is -2.09. The van der Waals surface area contributed by atoms with Gasteiger partial charge in [-0.2, -0.15) is 0 Å². The number of hydrogen-bond donors (Lipinski definition) is 0. The Bertz CT molecular complexity index is 537. The van der Waals surface area contributed by atoms with Gasteiger partial charge in [-0.05, 0) is 26.7 Å². The molecule has 0 unspecified atom stereocenters. The maximum atomic E-state index is 13.8. The first-order valence-corrected chi connectivity index (χ1v) is 5.98. The fourth-order valence-corrected chi connectivity index (χ4v) is 3.53. The van der Waals surface area contributed by atoms with E-state index in [2.05, 4.69) is 0 Å². The maximum absolute atomic E-state index is 13.8. The molecule has 0 amide bonds. The van der Waals surface area contributed by atoms with E-state index in [9.17, 15) is 17.6 Å². The minimum Gasteiger partial charge on any atom is -0.203 e. The Morgan fingerprint density at radius 2 is 1.17 bits per heavy atom. The van der Waals surface area contributed by atoms with Crippen LogP contribution in [0.2, 0.25) is 0 Å². The third kappa shape index (κ3) is 1.21. The molecule has 3 rings (SSSR count). The molecule has 0 radical (unpaired) electrons. The van der Waals surface area contributed by atoms with E-state index in [1.807, 2.05) is 13.8 Å². The zero-order valence-electron chi connectivity index (χ0n) is 10.1. The van der Waals surface area contributed by atoms with Gasteiger partial charge in [-0.3, -0.25) is 0 Å². The topological polar surface area (TPSA) is 0 Å². The number of benzene rings is 1. The Labute approximate surface area is 102 Å². The maximum Gasteiger partial charge on any atom is 0.197 e. The number of fused-ring (bicyclic) bond motifs is 5. The molecule has 96 valence electrons. The van der Waals surface area contributed by atoms with E-state index in [0.717, 1.165) is 11.1 Å². The molecule has 1 fully saturated rings. The van der Waals surface area contributed by atoms with Crippen molar-refractivity contribution in [3.05, 3.63) is 45.5 Å². The summed E-state index contributed by atoms with van der Waals surface area (Å²) in [5, 5.41) is 0. The first-order chi connectivity index (χ1) is 8.45. The van der Waals surface area contributed by atoms with Crippen molar-refractivity contribution in [2.24, 2.45) is 0 Å². The SMILES string of the molecule is CC(C)=C1[C@@H]2CC[C@@H]1c1c(F)c(F)c(F)c(F)c12. The fourth-order valence-electron chi connectivity index (χ4n) is 3.53. The summed E-state index contributed by atoms with van der Waals surface area (Å²) in [6, 6.07) is 0. The van der Waals surface area contributed by atoms with Gasteiger partial charge in [-0.25, -0.2) is 17.6 Å². The van der Waals surface area contributed by atoms with E-state index in [1.54, 1.807) is 0 Å². The van der Waals surface area contributed by atoms with Gasteiger partial charge in [-0.1, -0.05) is 11.1 Å². The highest BCUT2D eigenvalue weighted by Crippen LogP contribution is 2.59. The van der Waals surface area contributed by atoms with Crippen molar-refractivity contribution in [2.75, 3.05) is 0 Å². The van der Waals surface area contributed by atoms with Crippen LogP contribution in [0, 0.1) is 23.3 Å². The van der Waals surface area contributed by atoms with E-state index in [0.29, 0.717) is 12.8 Å². The molecule has 2 aliphatic carbocycles. The molecule has 1 aromatic rings. The first-order valence-electron chi connectivity index (χ1n) is 5.98. The van der Waals surface area contributed by atoms with Crippen LogP contribution >= 0.6 is 0 Å². The van der Waals surface area contributed by atoms with E-state index in [-0.39, 0.29) is 23.0 Å². The Balaban J connectivity index is 2.36. The second-order valence-corrected chi connectivity index (χ2v) is 5.22. The van der Waals surface area contributed by atoms with Gasteiger partial charge in [0, 0.05) is 23.0 Å². The predicted molar refractivity (Wildman–Crippen MR) is 59.4 cm³/mol. The van der Waals surface area contributed by atoms with Crippen molar-refractivity contribution < 1.29 is 17.6 Å². The minimum absolute atomic E-state index is 0.0406. The van der Waals surface area contributed by atoms with Gasteiger partial charge in [0.15, 0.2) is 23.3 Å². The second-order valence-electron chi connectivity index (χ2n) is 5.22. The van der Waals surface area contributed by atoms with Gasteiger partial charge in [0.1, 0.15) is 0 Å². The zero-order chi connectivity index (χ0) is 13.2. The third-order valence-corrected chi connectivity index (χ3v) is 4.11. The van der Waals surface area contributed by atoms with Crippen LogP contribution in [0.15, 0.2) is 11.1 Å². The van der Waals surface area contributed by atoms with E-state index in [4.69, 9.17) is 0 Å². The van der Waals surface area contributed by atoms with Crippen molar-refractivity contribution in [1.29, 1.82) is 0 Å². The van der Waals surface area contributed by atoms with E-state index < -0.39 is 23.3 Å². The molecular formula is C14H12F4. The van der Waals surface area contributed by atoms with Gasteiger partial charge >= 0.3 is 0 Å². The summed E-state index contributed by atoms with van der Waals surface area (Å²) in [5.74, 6) is -6.36. The van der Waals surface area contributed by atoms with Crippen LogP contribution in [0.3, 0.4) is 0 Å². The normalized spacial score (nSPS) is 24.7. The molecule has 18 heavy (non-hydrogen) atoms. The smallest absolute Gasteiger partial charge is 0.197 e. The summed E-state index contributed by atoms with van der Waals surface area (Å²) in [6.45, 7) is 3.74. The Morgan fingerprint density at radius 1 is 0.778 bits per heavy atom. The average Bonchev–Trinajstić information content (AvgIpc) is 2.88. The van der Waals surface area contributed by atoms with Gasteiger partial charge < -0.3 is 0 Å². The lowest BCUT2D eigenvalue weighted by atomic mass is 9.90. The quantitative estimate of drug-likeness (QED) is 0.276. The second kappa shape index (κ2) is 3.59. The molecular weight excluding hydrogens is 244 g/mol. The summed E-state index contributed by atoms with van der Waals surface area (Å²) in [4.78, 5) is 0. The molecule has 0 aliphatic heterocycles. The molecule has 0 heterocycles. The molecule has 1 saturated carbocycles. The number of halogens is 4. The van der Waals surface area contributed by atoms with Gasteiger partial charge in [0.2, 0.25) is 0 Å². The van der Waals surface area contributed by atoms with Crippen LogP contribution in [-0.4, -0.2) is 0 Å². The largest absolute Gasteiger partial charge is 0.203 e. The number of allylic oxidation sites excluding steroid dienone is 2. The number of rotatable bonds is 0. The van der Waals surface area contributed by atoms with Gasteiger partial charge in [0.05, 0.1) is 0 Å². The first kappa shape index (κ1) is 11.8. The monoisotopic (exact) mass is 256 g/mol. The molecule has 0 nitrogen and oxygen atoms in total. The van der Waals surface area contributed by atoms with Crippen LogP contribution in [0.5, 0.6) is 0 Å². The van der Waals surface area contributed by atoms with Crippen LogP contribution in [0.1, 0.15) is 49.7 Å². The van der Waals surface area contributed by atoms with Crippen LogP contribution in [-0.2, 0) is 0 Å². The van der Waals surface area contributed by atoms with Crippen molar-refractivity contribution in [3.63, 3.8) is 0 Å². The molecule has 4 heteroatoms. The highest BCUT2D eigenvalue weighted by atomic mass is 19.2. The molecule has 2 aliphatic rings. The molecule has 0 N–H and O–H groups in total. The predicted octanol–water partition coefficient (Wildman–Crippen LogP) is 4.55. The standard InChI is InChI=1S/C14H12F4/c1-5(2)8-6-3-4-7(8)10-9(6)11(15)13(17)14(18)12(10)16/h6-7H,3-4H2,1-2H3/t6-,7-/m0/s1. The molecule has 2 atom stereocenters. The van der Waals surface area contributed by atoms with Crippen LogP contribution in [0.25, 0.3) is 0 Å².